The minimum absolute atomic E-state index is 0.105. The molecule has 2 N–H and O–H groups in total. The number of carbonyl (C=O) groups is 3. The van der Waals surface area contributed by atoms with Crippen LogP contribution in [-0.2, 0) is 4.79 Å². The SMILES string of the molecule is CC(C)(C)C(=O)/C=C/[C@H](NC(=O)c1ccccc1C=O)[C@H](O)C(C)(C)C. The summed E-state index contributed by atoms with van der Waals surface area (Å²) in [5, 5.41) is 13.4. The van der Waals surface area contributed by atoms with Gasteiger partial charge < -0.3 is 10.4 Å². The molecule has 0 aliphatic carbocycles. The predicted molar refractivity (Wildman–Crippen MR) is 102 cm³/mol. The number of ketones is 1. The van der Waals surface area contributed by atoms with Gasteiger partial charge in [-0.15, -0.1) is 0 Å². The third kappa shape index (κ3) is 5.92. The van der Waals surface area contributed by atoms with Gasteiger partial charge in [-0.25, -0.2) is 0 Å². The predicted octanol–water partition coefficient (Wildman–Crippen LogP) is 3.18. The van der Waals surface area contributed by atoms with Crippen LogP contribution in [0.1, 0.15) is 62.3 Å². The van der Waals surface area contributed by atoms with E-state index in [9.17, 15) is 19.5 Å². The highest BCUT2D eigenvalue weighted by molar-refractivity contribution is 6.01. The van der Waals surface area contributed by atoms with E-state index in [1.807, 2.05) is 20.8 Å². The summed E-state index contributed by atoms with van der Waals surface area (Å²) in [6, 6.07) is 5.66. The van der Waals surface area contributed by atoms with E-state index in [0.29, 0.717) is 6.29 Å². The molecule has 5 heteroatoms. The van der Waals surface area contributed by atoms with Gasteiger partial charge in [0, 0.05) is 16.5 Å². The van der Waals surface area contributed by atoms with Crippen molar-refractivity contribution in [1.82, 2.24) is 5.32 Å². The van der Waals surface area contributed by atoms with Crippen LogP contribution in [0, 0.1) is 10.8 Å². The van der Waals surface area contributed by atoms with E-state index in [4.69, 9.17) is 0 Å². The average Bonchev–Trinajstić information content (AvgIpc) is 2.55. The normalized spacial score (nSPS) is 14.7. The molecule has 1 rings (SSSR count). The summed E-state index contributed by atoms with van der Waals surface area (Å²) in [4.78, 5) is 35.9. The first-order chi connectivity index (χ1) is 11.9. The lowest BCUT2D eigenvalue weighted by molar-refractivity contribution is -0.121. The summed E-state index contributed by atoms with van der Waals surface area (Å²) in [5.41, 5.74) is -0.577. The van der Waals surface area contributed by atoms with Crippen molar-refractivity contribution in [2.75, 3.05) is 0 Å². The number of amides is 1. The largest absolute Gasteiger partial charge is 0.390 e. The second kappa shape index (κ2) is 8.41. The Labute approximate surface area is 155 Å². The Kier molecular flexibility index (Phi) is 7.04. The van der Waals surface area contributed by atoms with E-state index >= 15 is 0 Å². The Morgan fingerprint density at radius 1 is 1.08 bits per heavy atom. The fourth-order valence-electron chi connectivity index (χ4n) is 2.25. The molecule has 142 valence electrons. The van der Waals surface area contributed by atoms with Crippen LogP contribution in [0.2, 0.25) is 0 Å². The van der Waals surface area contributed by atoms with Crippen LogP contribution in [0.3, 0.4) is 0 Å². The molecule has 0 saturated carbocycles. The van der Waals surface area contributed by atoms with Gasteiger partial charge in [-0.3, -0.25) is 14.4 Å². The highest BCUT2D eigenvalue weighted by Gasteiger charge is 2.31. The number of aldehydes is 1. The zero-order valence-electron chi connectivity index (χ0n) is 16.4. The fraction of sp³-hybridized carbons (Fsp3) is 0.476. The number of nitrogens with one attached hydrogen (secondary N) is 1. The number of hydrogen-bond donors (Lipinski definition) is 2. The molecule has 0 heterocycles. The Morgan fingerprint density at radius 3 is 2.15 bits per heavy atom. The highest BCUT2D eigenvalue weighted by Crippen LogP contribution is 2.23. The second-order valence-corrected chi connectivity index (χ2v) is 8.49. The first-order valence-corrected chi connectivity index (χ1v) is 8.63. The number of carbonyl (C=O) groups excluding carboxylic acids is 3. The molecular weight excluding hydrogens is 330 g/mol. The van der Waals surface area contributed by atoms with Gasteiger partial charge in [-0.05, 0) is 17.6 Å². The maximum Gasteiger partial charge on any atom is 0.252 e. The summed E-state index contributed by atoms with van der Waals surface area (Å²) >= 11 is 0. The average molecular weight is 359 g/mol. The van der Waals surface area contributed by atoms with Crippen molar-refractivity contribution in [2.24, 2.45) is 10.8 Å². The van der Waals surface area contributed by atoms with Crippen LogP contribution >= 0.6 is 0 Å². The van der Waals surface area contributed by atoms with Crippen molar-refractivity contribution in [3.8, 4) is 0 Å². The molecule has 0 spiro atoms. The summed E-state index contributed by atoms with van der Waals surface area (Å²) in [5.74, 6) is -0.583. The lowest BCUT2D eigenvalue weighted by Crippen LogP contribution is -2.48. The molecule has 0 bridgehead atoms. The molecule has 1 aromatic rings. The molecule has 0 aliphatic rings. The van der Waals surface area contributed by atoms with Gasteiger partial charge in [0.05, 0.1) is 12.1 Å². The number of rotatable bonds is 6. The van der Waals surface area contributed by atoms with Crippen molar-refractivity contribution < 1.29 is 19.5 Å². The second-order valence-electron chi connectivity index (χ2n) is 8.49. The van der Waals surface area contributed by atoms with Crippen LogP contribution in [0.15, 0.2) is 36.4 Å². The molecule has 1 aromatic carbocycles. The van der Waals surface area contributed by atoms with Crippen molar-refractivity contribution in [2.45, 2.75) is 53.7 Å². The van der Waals surface area contributed by atoms with Crippen LogP contribution in [0.5, 0.6) is 0 Å². The van der Waals surface area contributed by atoms with Gasteiger partial charge in [-0.2, -0.15) is 0 Å². The third-order valence-electron chi connectivity index (χ3n) is 4.05. The number of hydrogen-bond acceptors (Lipinski definition) is 4. The minimum atomic E-state index is -0.918. The molecule has 0 radical (unpaired) electrons. The molecule has 0 aromatic heterocycles. The van der Waals surface area contributed by atoms with E-state index in [2.05, 4.69) is 5.32 Å². The monoisotopic (exact) mass is 359 g/mol. The minimum Gasteiger partial charge on any atom is -0.390 e. The lowest BCUT2D eigenvalue weighted by Gasteiger charge is -2.32. The Bertz CT molecular complexity index is 693. The first-order valence-electron chi connectivity index (χ1n) is 8.63. The van der Waals surface area contributed by atoms with Crippen molar-refractivity contribution in [3.05, 3.63) is 47.5 Å². The van der Waals surface area contributed by atoms with E-state index < -0.39 is 28.9 Å². The molecule has 5 nitrogen and oxygen atoms in total. The van der Waals surface area contributed by atoms with Crippen LogP contribution in [0.4, 0.5) is 0 Å². The molecule has 0 unspecified atom stereocenters. The van der Waals surface area contributed by atoms with Crippen molar-refractivity contribution in [1.29, 1.82) is 0 Å². The van der Waals surface area contributed by atoms with E-state index in [1.54, 1.807) is 45.0 Å². The number of allylic oxidation sites excluding steroid dienone is 1. The van der Waals surface area contributed by atoms with Crippen LogP contribution in [-0.4, -0.2) is 35.2 Å². The van der Waals surface area contributed by atoms with Gasteiger partial charge in [0.2, 0.25) is 0 Å². The third-order valence-corrected chi connectivity index (χ3v) is 4.05. The summed E-state index contributed by atoms with van der Waals surface area (Å²) in [7, 11) is 0. The topological polar surface area (TPSA) is 83.5 Å². The van der Waals surface area contributed by atoms with E-state index in [-0.39, 0.29) is 16.9 Å². The fourth-order valence-corrected chi connectivity index (χ4v) is 2.25. The molecule has 0 fully saturated rings. The van der Waals surface area contributed by atoms with Crippen molar-refractivity contribution in [3.63, 3.8) is 0 Å². The number of benzene rings is 1. The Morgan fingerprint density at radius 2 is 1.65 bits per heavy atom. The number of aliphatic hydroxyl groups excluding tert-OH is 1. The Balaban J connectivity index is 3.13. The first kappa shape index (κ1) is 21.8. The zero-order valence-corrected chi connectivity index (χ0v) is 16.4. The van der Waals surface area contributed by atoms with Gasteiger partial charge in [0.25, 0.3) is 5.91 Å². The van der Waals surface area contributed by atoms with E-state index in [1.165, 1.54) is 12.2 Å². The lowest BCUT2D eigenvalue weighted by atomic mass is 9.83. The maximum absolute atomic E-state index is 12.6. The van der Waals surface area contributed by atoms with Gasteiger partial charge in [0.15, 0.2) is 12.1 Å². The molecule has 2 atom stereocenters. The summed E-state index contributed by atoms with van der Waals surface area (Å²) in [6.45, 7) is 10.9. The molecule has 0 saturated heterocycles. The maximum atomic E-state index is 12.6. The van der Waals surface area contributed by atoms with Crippen molar-refractivity contribution >= 4 is 18.0 Å². The zero-order chi connectivity index (χ0) is 20.1. The smallest absolute Gasteiger partial charge is 0.252 e. The standard InChI is InChI=1S/C21H29NO4/c1-20(2,3)17(24)12-11-16(18(25)21(4,5)6)22-19(26)15-10-8-7-9-14(15)13-23/h7-13,16,18,25H,1-6H3,(H,22,26)/b12-11+/t16-,18-/m0/s1. The number of aliphatic hydroxyl groups is 1. The molecular formula is C21H29NO4. The van der Waals surface area contributed by atoms with Gasteiger partial charge in [-0.1, -0.05) is 65.8 Å². The quantitative estimate of drug-likeness (QED) is 0.604. The summed E-state index contributed by atoms with van der Waals surface area (Å²) in [6.07, 6.45) is 2.61. The van der Waals surface area contributed by atoms with Crippen LogP contribution in [0.25, 0.3) is 0 Å². The highest BCUT2D eigenvalue weighted by atomic mass is 16.3. The van der Waals surface area contributed by atoms with Gasteiger partial charge in [0.1, 0.15) is 0 Å². The Hall–Kier alpha value is -2.27. The van der Waals surface area contributed by atoms with E-state index in [0.717, 1.165) is 0 Å². The van der Waals surface area contributed by atoms with Gasteiger partial charge >= 0.3 is 0 Å². The molecule has 26 heavy (non-hydrogen) atoms. The molecule has 1 amide bonds. The summed E-state index contributed by atoms with van der Waals surface area (Å²) < 4.78 is 0. The molecule has 0 aliphatic heterocycles. The van der Waals surface area contributed by atoms with Crippen LogP contribution < -0.4 is 5.32 Å².